The summed E-state index contributed by atoms with van der Waals surface area (Å²) in [6.07, 6.45) is 2.16. The Kier molecular flexibility index (Phi) is 3.14. The SMILES string of the molecule is O=C(SCc1ccccc1Cl)C1CC1. The fourth-order valence-electron chi connectivity index (χ4n) is 1.20. The predicted molar refractivity (Wildman–Crippen MR) is 60.5 cm³/mol. The number of carbonyl (C=O) groups excluding carboxylic acids is 1. The lowest BCUT2D eigenvalue weighted by molar-refractivity contribution is -0.112. The van der Waals surface area contributed by atoms with Crippen molar-refractivity contribution in [1.29, 1.82) is 0 Å². The van der Waals surface area contributed by atoms with E-state index in [-0.39, 0.29) is 0 Å². The number of benzene rings is 1. The number of halogens is 1. The summed E-state index contributed by atoms with van der Waals surface area (Å²) < 4.78 is 0. The van der Waals surface area contributed by atoms with E-state index in [0.717, 1.165) is 23.4 Å². The first kappa shape index (κ1) is 10.1. The van der Waals surface area contributed by atoms with Gasteiger partial charge in [-0.1, -0.05) is 41.6 Å². The minimum absolute atomic E-state index is 0.324. The van der Waals surface area contributed by atoms with Crippen molar-refractivity contribution >= 4 is 28.5 Å². The van der Waals surface area contributed by atoms with E-state index in [1.807, 2.05) is 24.3 Å². The molecule has 2 rings (SSSR count). The Morgan fingerprint density at radius 3 is 2.79 bits per heavy atom. The minimum Gasteiger partial charge on any atom is -0.287 e. The zero-order chi connectivity index (χ0) is 9.97. The molecule has 0 radical (unpaired) electrons. The van der Waals surface area contributed by atoms with Gasteiger partial charge in [-0.15, -0.1) is 0 Å². The molecule has 1 aromatic rings. The lowest BCUT2D eigenvalue weighted by atomic mass is 10.2. The molecule has 1 saturated carbocycles. The summed E-state index contributed by atoms with van der Waals surface area (Å²) in [5.74, 6) is 1.04. The third-order valence-corrected chi connectivity index (χ3v) is 3.68. The summed E-state index contributed by atoms with van der Waals surface area (Å²) in [6, 6.07) is 7.68. The second kappa shape index (κ2) is 4.37. The summed E-state index contributed by atoms with van der Waals surface area (Å²) in [7, 11) is 0. The van der Waals surface area contributed by atoms with E-state index in [9.17, 15) is 4.79 Å². The van der Waals surface area contributed by atoms with E-state index < -0.39 is 0 Å². The molecule has 0 bridgehead atoms. The Hall–Kier alpha value is -0.470. The van der Waals surface area contributed by atoms with Crippen LogP contribution in [0.5, 0.6) is 0 Å². The molecule has 0 unspecified atom stereocenters. The van der Waals surface area contributed by atoms with Crippen LogP contribution < -0.4 is 0 Å². The van der Waals surface area contributed by atoms with Crippen molar-refractivity contribution in [1.82, 2.24) is 0 Å². The smallest absolute Gasteiger partial charge is 0.192 e. The van der Waals surface area contributed by atoms with E-state index in [1.165, 1.54) is 11.8 Å². The van der Waals surface area contributed by atoms with Crippen LogP contribution >= 0.6 is 23.4 Å². The van der Waals surface area contributed by atoms with Crippen LogP contribution in [0, 0.1) is 5.92 Å². The Labute approximate surface area is 92.8 Å². The molecule has 74 valence electrons. The second-order valence-corrected chi connectivity index (χ2v) is 4.86. The molecule has 0 aliphatic heterocycles. The Morgan fingerprint density at radius 2 is 2.14 bits per heavy atom. The molecule has 0 heterocycles. The Morgan fingerprint density at radius 1 is 1.43 bits per heavy atom. The van der Waals surface area contributed by atoms with Gasteiger partial charge >= 0.3 is 0 Å². The molecule has 0 aromatic heterocycles. The highest BCUT2D eigenvalue weighted by Gasteiger charge is 2.29. The molecular weight excluding hydrogens is 216 g/mol. The quantitative estimate of drug-likeness (QED) is 0.785. The fourth-order valence-corrected chi connectivity index (χ4v) is 2.50. The van der Waals surface area contributed by atoms with Crippen LogP contribution in [0.3, 0.4) is 0 Å². The predicted octanol–water partition coefficient (Wildman–Crippen LogP) is 3.51. The molecule has 0 spiro atoms. The number of carbonyl (C=O) groups is 1. The van der Waals surface area contributed by atoms with Gasteiger partial charge in [-0.05, 0) is 24.5 Å². The standard InChI is InChI=1S/C11H11ClOS/c12-10-4-2-1-3-9(10)7-14-11(13)8-5-6-8/h1-4,8H,5-7H2. The van der Waals surface area contributed by atoms with Crippen molar-refractivity contribution in [2.45, 2.75) is 18.6 Å². The summed E-state index contributed by atoms with van der Waals surface area (Å²) in [5.41, 5.74) is 1.05. The van der Waals surface area contributed by atoms with Crippen molar-refractivity contribution in [3.8, 4) is 0 Å². The molecule has 3 heteroatoms. The topological polar surface area (TPSA) is 17.1 Å². The van der Waals surface area contributed by atoms with E-state index >= 15 is 0 Å². The summed E-state index contributed by atoms with van der Waals surface area (Å²) in [4.78, 5) is 11.4. The van der Waals surface area contributed by atoms with Crippen LogP contribution in [0.4, 0.5) is 0 Å². The maximum atomic E-state index is 11.4. The highest BCUT2D eigenvalue weighted by Crippen LogP contribution is 2.35. The number of thioether (sulfide) groups is 1. The van der Waals surface area contributed by atoms with Gasteiger partial charge in [0.2, 0.25) is 0 Å². The first-order valence-corrected chi connectivity index (χ1v) is 6.04. The molecular formula is C11H11ClOS. The minimum atomic E-state index is 0.324. The summed E-state index contributed by atoms with van der Waals surface area (Å²) in [5, 5.41) is 1.08. The normalized spacial score (nSPS) is 15.5. The number of hydrogen-bond acceptors (Lipinski definition) is 2. The van der Waals surface area contributed by atoms with E-state index in [0.29, 0.717) is 16.8 Å². The maximum absolute atomic E-state index is 11.4. The largest absolute Gasteiger partial charge is 0.287 e. The van der Waals surface area contributed by atoms with Gasteiger partial charge in [0, 0.05) is 16.7 Å². The van der Waals surface area contributed by atoms with Crippen LogP contribution in [-0.2, 0) is 10.5 Å². The van der Waals surface area contributed by atoms with Crippen molar-refractivity contribution in [3.05, 3.63) is 34.9 Å². The van der Waals surface area contributed by atoms with Gasteiger partial charge in [0.05, 0.1) is 0 Å². The zero-order valence-electron chi connectivity index (χ0n) is 7.70. The van der Waals surface area contributed by atoms with Gasteiger partial charge in [0.15, 0.2) is 5.12 Å². The van der Waals surface area contributed by atoms with Crippen LogP contribution in [0.1, 0.15) is 18.4 Å². The number of rotatable bonds is 3. The van der Waals surface area contributed by atoms with Crippen molar-refractivity contribution in [2.24, 2.45) is 5.92 Å². The molecule has 0 saturated heterocycles. The van der Waals surface area contributed by atoms with E-state index in [4.69, 9.17) is 11.6 Å². The van der Waals surface area contributed by atoms with E-state index in [1.54, 1.807) is 0 Å². The van der Waals surface area contributed by atoms with Crippen molar-refractivity contribution < 1.29 is 4.79 Å². The molecule has 1 aliphatic carbocycles. The third kappa shape index (κ3) is 2.52. The van der Waals surface area contributed by atoms with Gasteiger partial charge in [-0.3, -0.25) is 4.79 Å². The lowest BCUT2D eigenvalue weighted by Gasteiger charge is -2.01. The van der Waals surface area contributed by atoms with Crippen LogP contribution in [0.15, 0.2) is 24.3 Å². The lowest BCUT2D eigenvalue weighted by Crippen LogP contribution is -1.94. The first-order chi connectivity index (χ1) is 6.77. The average molecular weight is 227 g/mol. The van der Waals surface area contributed by atoms with Gasteiger partial charge < -0.3 is 0 Å². The summed E-state index contributed by atoms with van der Waals surface area (Å²) in [6.45, 7) is 0. The van der Waals surface area contributed by atoms with Crippen LogP contribution in [0.25, 0.3) is 0 Å². The van der Waals surface area contributed by atoms with Crippen molar-refractivity contribution in [2.75, 3.05) is 0 Å². The highest BCUT2D eigenvalue weighted by molar-refractivity contribution is 8.13. The van der Waals surface area contributed by atoms with Gasteiger partial charge in [-0.25, -0.2) is 0 Å². The third-order valence-electron chi connectivity index (χ3n) is 2.24. The molecule has 1 aliphatic rings. The van der Waals surface area contributed by atoms with Crippen LogP contribution in [0.2, 0.25) is 5.02 Å². The van der Waals surface area contributed by atoms with Gasteiger partial charge in [0.25, 0.3) is 0 Å². The van der Waals surface area contributed by atoms with Gasteiger partial charge in [-0.2, -0.15) is 0 Å². The summed E-state index contributed by atoms with van der Waals surface area (Å²) >= 11 is 7.37. The molecule has 0 amide bonds. The zero-order valence-corrected chi connectivity index (χ0v) is 9.27. The number of hydrogen-bond donors (Lipinski definition) is 0. The molecule has 1 nitrogen and oxygen atoms in total. The molecule has 1 aromatic carbocycles. The molecule has 0 N–H and O–H groups in total. The van der Waals surface area contributed by atoms with E-state index in [2.05, 4.69) is 0 Å². The fraction of sp³-hybridized carbons (Fsp3) is 0.364. The monoisotopic (exact) mass is 226 g/mol. The van der Waals surface area contributed by atoms with Gasteiger partial charge in [0.1, 0.15) is 0 Å². The van der Waals surface area contributed by atoms with Crippen LogP contribution in [-0.4, -0.2) is 5.12 Å². The van der Waals surface area contributed by atoms with Crippen molar-refractivity contribution in [3.63, 3.8) is 0 Å². The maximum Gasteiger partial charge on any atom is 0.192 e. The molecule has 0 atom stereocenters. The molecule has 14 heavy (non-hydrogen) atoms. The highest BCUT2D eigenvalue weighted by atomic mass is 35.5. The Bertz CT molecular complexity index is 347. The average Bonchev–Trinajstić information content (AvgIpc) is 2.99. The first-order valence-electron chi connectivity index (χ1n) is 4.67. The second-order valence-electron chi connectivity index (χ2n) is 3.47. The molecule has 1 fully saturated rings. The Balaban J connectivity index is 1.91.